The van der Waals surface area contributed by atoms with E-state index in [-0.39, 0.29) is 11.7 Å². The largest absolute Gasteiger partial charge is 0.348 e. The molecule has 0 radical (unpaired) electrons. The highest BCUT2D eigenvalue weighted by Gasteiger charge is 2.00. The van der Waals surface area contributed by atoms with Gasteiger partial charge in [-0.3, -0.25) is 4.79 Å². The fraction of sp³-hybridized carbons (Fsp3) is 0.167. The molecule has 2 rings (SSSR count). The van der Waals surface area contributed by atoms with Crippen LogP contribution in [0, 0.1) is 19.7 Å². The van der Waals surface area contributed by atoms with Gasteiger partial charge in [-0.05, 0) is 42.7 Å². The Balaban J connectivity index is 1.89. The maximum atomic E-state index is 13.1. The molecule has 0 fully saturated rings. The number of hydrogen-bond acceptors (Lipinski definition) is 1. The van der Waals surface area contributed by atoms with Crippen molar-refractivity contribution in [3.8, 4) is 0 Å². The topological polar surface area (TPSA) is 29.1 Å². The molecular weight excluding hydrogens is 265 g/mol. The van der Waals surface area contributed by atoms with Gasteiger partial charge in [0.15, 0.2) is 0 Å². The quantitative estimate of drug-likeness (QED) is 0.850. The lowest BCUT2D eigenvalue weighted by Crippen LogP contribution is -2.20. The maximum Gasteiger partial charge on any atom is 0.244 e. The molecule has 21 heavy (non-hydrogen) atoms. The molecule has 1 N–H and O–H groups in total. The van der Waals surface area contributed by atoms with Crippen LogP contribution in [-0.2, 0) is 11.3 Å². The highest BCUT2D eigenvalue weighted by Crippen LogP contribution is 2.09. The average Bonchev–Trinajstić information content (AvgIpc) is 2.48. The summed E-state index contributed by atoms with van der Waals surface area (Å²) in [5.74, 6) is -0.401. The minimum absolute atomic E-state index is 0.169. The molecule has 0 saturated carbocycles. The lowest BCUT2D eigenvalue weighted by molar-refractivity contribution is -0.116. The van der Waals surface area contributed by atoms with E-state index in [4.69, 9.17) is 0 Å². The summed E-state index contributed by atoms with van der Waals surface area (Å²) in [5, 5.41) is 2.78. The van der Waals surface area contributed by atoms with Gasteiger partial charge in [-0.15, -0.1) is 0 Å². The predicted octanol–water partition coefficient (Wildman–Crippen LogP) is 3.77. The van der Waals surface area contributed by atoms with Crippen LogP contribution in [0.25, 0.3) is 6.08 Å². The average molecular weight is 283 g/mol. The smallest absolute Gasteiger partial charge is 0.244 e. The van der Waals surface area contributed by atoms with E-state index in [0.717, 1.165) is 11.1 Å². The number of benzene rings is 2. The Morgan fingerprint density at radius 1 is 1.14 bits per heavy atom. The minimum Gasteiger partial charge on any atom is -0.348 e. The molecule has 1 amide bonds. The lowest BCUT2D eigenvalue weighted by atomic mass is 10.1. The number of nitrogens with one attached hydrogen (secondary N) is 1. The first-order valence-electron chi connectivity index (χ1n) is 6.82. The van der Waals surface area contributed by atoms with E-state index in [2.05, 4.69) is 5.32 Å². The Labute approximate surface area is 124 Å². The first-order chi connectivity index (χ1) is 10.0. The second kappa shape index (κ2) is 6.84. The van der Waals surface area contributed by atoms with Crippen LogP contribution in [0.2, 0.25) is 0 Å². The van der Waals surface area contributed by atoms with Crippen molar-refractivity contribution in [1.29, 1.82) is 0 Å². The summed E-state index contributed by atoms with van der Waals surface area (Å²) in [6.45, 7) is 4.11. The van der Waals surface area contributed by atoms with Crippen molar-refractivity contribution >= 4 is 12.0 Å². The SMILES string of the molecule is Cc1ccc(/C=C/C(=O)NCc2ccc(F)c(C)c2)cc1. The molecule has 2 aromatic rings. The zero-order valence-electron chi connectivity index (χ0n) is 12.2. The molecule has 0 heterocycles. The Morgan fingerprint density at radius 2 is 1.86 bits per heavy atom. The predicted molar refractivity (Wildman–Crippen MR) is 83.2 cm³/mol. The van der Waals surface area contributed by atoms with E-state index in [9.17, 15) is 9.18 Å². The van der Waals surface area contributed by atoms with Crippen molar-refractivity contribution in [2.24, 2.45) is 0 Å². The van der Waals surface area contributed by atoms with Gasteiger partial charge < -0.3 is 5.32 Å². The Hall–Kier alpha value is -2.42. The van der Waals surface area contributed by atoms with E-state index < -0.39 is 0 Å². The molecule has 0 aromatic heterocycles. The van der Waals surface area contributed by atoms with Crippen LogP contribution in [0.5, 0.6) is 0 Å². The molecule has 108 valence electrons. The number of halogens is 1. The van der Waals surface area contributed by atoms with E-state index >= 15 is 0 Å². The Morgan fingerprint density at radius 3 is 2.52 bits per heavy atom. The van der Waals surface area contributed by atoms with Crippen LogP contribution in [-0.4, -0.2) is 5.91 Å². The highest BCUT2D eigenvalue weighted by atomic mass is 19.1. The molecule has 0 aliphatic rings. The second-order valence-corrected chi connectivity index (χ2v) is 5.05. The van der Waals surface area contributed by atoms with E-state index in [0.29, 0.717) is 12.1 Å². The van der Waals surface area contributed by atoms with Gasteiger partial charge in [-0.25, -0.2) is 4.39 Å². The third-order valence-corrected chi connectivity index (χ3v) is 3.19. The van der Waals surface area contributed by atoms with Crippen molar-refractivity contribution in [2.45, 2.75) is 20.4 Å². The molecule has 0 saturated heterocycles. The molecule has 2 aromatic carbocycles. The van der Waals surface area contributed by atoms with Crippen LogP contribution >= 0.6 is 0 Å². The number of rotatable bonds is 4. The zero-order chi connectivity index (χ0) is 15.2. The standard InChI is InChI=1S/C18H18FNO/c1-13-3-5-15(6-4-13)8-10-18(21)20-12-16-7-9-17(19)14(2)11-16/h3-11H,12H2,1-2H3,(H,20,21)/b10-8+. The maximum absolute atomic E-state index is 13.1. The lowest BCUT2D eigenvalue weighted by Gasteiger charge is -2.04. The summed E-state index contributed by atoms with van der Waals surface area (Å²) in [4.78, 5) is 11.7. The summed E-state index contributed by atoms with van der Waals surface area (Å²) in [6.07, 6.45) is 3.27. The Bertz CT molecular complexity index is 659. The third-order valence-electron chi connectivity index (χ3n) is 3.19. The molecule has 2 nitrogen and oxygen atoms in total. The molecule has 0 unspecified atom stereocenters. The summed E-state index contributed by atoms with van der Waals surface area (Å²) in [6, 6.07) is 12.7. The number of hydrogen-bond donors (Lipinski definition) is 1. The second-order valence-electron chi connectivity index (χ2n) is 5.05. The van der Waals surface area contributed by atoms with Gasteiger partial charge in [0.2, 0.25) is 5.91 Å². The molecule has 0 atom stereocenters. The van der Waals surface area contributed by atoms with Crippen LogP contribution in [0.15, 0.2) is 48.5 Å². The van der Waals surface area contributed by atoms with E-state index in [1.807, 2.05) is 31.2 Å². The molecule has 3 heteroatoms. The van der Waals surface area contributed by atoms with E-state index in [1.165, 1.54) is 17.7 Å². The number of carbonyl (C=O) groups is 1. The van der Waals surface area contributed by atoms with Crippen molar-refractivity contribution in [3.05, 3.63) is 76.6 Å². The fourth-order valence-electron chi connectivity index (χ4n) is 1.91. The molecule has 0 aliphatic carbocycles. The van der Waals surface area contributed by atoms with Crippen LogP contribution < -0.4 is 5.32 Å². The summed E-state index contributed by atoms with van der Waals surface area (Å²) < 4.78 is 13.1. The van der Waals surface area contributed by atoms with Crippen molar-refractivity contribution in [1.82, 2.24) is 5.32 Å². The van der Waals surface area contributed by atoms with Crippen molar-refractivity contribution < 1.29 is 9.18 Å². The number of aryl methyl sites for hydroxylation is 2. The summed E-state index contributed by atoms with van der Waals surface area (Å²) >= 11 is 0. The van der Waals surface area contributed by atoms with Gasteiger partial charge in [0.25, 0.3) is 0 Å². The van der Waals surface area contributed by atoms with Gasteiger partial charge in [-0.1, -0.05) is 42.0 Å². The van der Waals surface area contributed by atoms with Crippen LogP contribution in [0.1, 0.15) is 22.3 Å². The Kier molecular flexibility index (Phi) is 4.88. The zero-order valence-corrected chi connectivity index (χ0v) is 12.2. The normalized spacial score (nSPS) is 10.8. The monoisotopic (exact) mass is 283 g/mol. The van der Waals surface area contributed by atoms with Crippen LogP contribution in [0.4, 0.5) is 4.39 Å². The number of carbonyl (C=O) groups excluding carboxylic acids is 1. The van der Waals surface area contributed by atoms with Crippen molar-refractivity contribution in [3.63, 3.8) is 0 Å². The van der Waals surface area contributed by atoms with Gasteiger partial charge >= 0.3 is 0 Å². The third kappa shape index (κ3) is 4.56. The minimum atomic E-state index is -0.232. The van der Waals surface area contributed by atoms with Crippen LogP contribution in [0.3, 0.4) is 0 Å². The van der Waals surface area contributed by atoms with Gasteiger partial charge in [0.05, 0.1) is 0 Å². The van der Waals surface area contributed by atoms with E-state index in [1.54, 1.807) is 25.1 Å². The van der Waals surface area contributed by atoms with Crippen molar-refractivity contribution in [2.75, 3.05) is 0 Å². The first-order valence-corrected chi connectivity index (χ1v) is 6.82. The first kappa shape index (κ1) is 15.0. The molecule has 0 bridgehead atoms. The molecule has 0 spiro atoms. The van der Waals surface area contributed by atoms with Gasteiger partial charge in [-0.2, -0.15) is 0 Å². The number of amides is 1. The molecule has 0 aliphatic heterocycles. The highest BCUT2D eigenvalue weighted by molar-refractivity contribution is 5.91. The van der Waals surface area contributed by atoms with Gasteiger partial charge in [0.1, 0.15) is 5.82 Å². The fourth-order valence-corrected chi connectivity index (χ4v) is 1.91. The summed E-state index contributed by atoms with van der Waals surface area (Å²) in [5.41, 5.74) is 3.62. The molecular formula is C18H18FNO. The van der Waals surface area contributed by atoms with Gasteiger partial charge in [0, 0.05) is 12.6 Å². The summed E-state index contributed by atoms with van der Waals surface area (Å²) in [7, 11) is 0.